The normalized spacial score (nSPS) is 12.9. The van der Waals surface area contributed by atoms with Gasteiger partial charge in [-0.3, -0.25) is 0 Å². The Morgan fingerprint density at radius 2 is 1.83 bits per heavy atom. The van der Waals surface area contributed by atoms with Gasteiger partial charge in [0.05, 0.1) is 6.61 Å². The summed E-state index contributed by atoms with van der Waals surface area (Å²) in [5.41, 5.74) is 0.415. The molecule has 0 rings (SSSR count). The molecule has 136 valence electrons. The molecule has 0 spiro atoms. The van der Waals surface area contributed by atoms with Gasteiger partial charge in [-0.25, -0.2) is 4.79 Å². The summed E-state index contributed by atoms with van der Waals surface area (Å²) >= 11 is 0. The van der Waals surface area contributed by atoms with Crippen LogP contribution >= 0.6 is 0 Å². The maximum Gasteiger partial charge on any atom is 0.333 e. The summed E-state index contributed by atoms with van der Waals surface area (Å²) in [5, 5.41) is 0. The highest BCUT2D eigenvalue weighted by Crippen LogP contribution is 2.15. The fourth-order valence-corrected chi connectivity index (χ4v) is 8.69. The van der Waals surface area contributed by atoms with Gasteiger partial charge in [-0.1, -0.05) is 6.58 Å². The van der Waals surface area contributed by atoms with E-state index in [9.17, 15) is 4.79 Å². The number of ether oxygens (including phenoxy) is 3. The Bertz CT molecular complexity index is 347. The van der Waals surface area contributed by atoms with E-state index in [0.717, 1.165) is 31.7 Å². The van der Waals surface area contributed by atoms with Gasteiger partial charge in [0.2, 0.25) is 0 Å². The van der Waals surface area contributed by atoms with Gasteiger partial charge in [0.25, 0.3) is 0 Å². The molecule has 7 heteroatoms. The molecular weight excluding hydrogens is 328 g/mol. The van der Waals surface area contributed by atoms with Crippen LogP contribution < -0.4 is 0 Å². The van der Waals surface area contributed by atoms with Gasteiger partial charge >= 0.3 is 5.97 Å². The smallest absolute Gasteiger partial charge is 0.333 e. The first-order valence-electron chi connectivity index (χ1n) is 8.44. The molecule has 0 bridgehead atoms. The number of esters is 1. The highest BCUT2D eigenvalue weighted by atomic mass is 28.4. The van der Waals surface area contributed by atoms with E-state index in [2.05, 4.69) is 26.2 Å². The molecule has 1 unspecified atom stereocenters. The van der Waals surface area contributed by atoms with Gasteiger partial charge in [0.15, 0.2) is 17.4 Å². The van der Waals surface area contributed by atoms with Crippen LogP contribution in [0.3, 0.4) is 0 Å². The summed E-state index contributed by atoms with van der Waals surface area (Å²) in [6.07, 6.45) is 0.998. The largest absolute Gasteiger partial charge is 0.460 e. The molecular formula is C16H34O5Si2. The number of hydrogen-bond donors (Lipinski definition) is 0. The first-order valence-corrected chi connectivity index (χ1v) is 14.0. The van der Waals surface area contributed by atoms with E-state index in [1.807, 2.05) is 6.92 Å². The fourth-order valence-electron chi connectivity index (χ4n) is 2.02. The van der Waals surface area contributed by atoms with Crippen molar-refractivity contribution < 1.29 is 23.1 Å². The molecule has 0 saturated carbocycles. The molecule has 0 heterocycles. The average Bonchev–Trinajstić information content (AvgIpc) is 2.45. The van der Waals surface area contributed by atoms with Crippen LogP contribution in [0.4, 0.5) is 0 Å². The minimum absolute atomic E-state index is 0.284. The van der Waals surface area contributed by atoms with Gasteiger partial charge in [-0.05, 0) is 52.0 Å². The minimum atomic E-state index is -1.58. The van der Waals surface area contributed by atoms with Crippen LogP contribution in [0.5, 0.6) is 0 Å². The van der Waals surface area contributed by atoms with Crippen molar-refractivity contribution in [2.24, 2.45) is 0 Å². The van der Waals surface area contributed by atoms with Gasteiger partial charge < -0.3 is 18.3 Å². The van der Waals surface area contributed by atoms with Crippen LogP contribution in [0.1, 0.15) is 20.3 Å². The van der Waals surface area contributed by atoms with Gasteiger partial charge in [0.1, 0.15) is 6.61 Å². The van der Waals surface area contributed by atoms with Gasteiger partial charge in [-0.15, -0.1) is 0 Å². The molecule has 0 N–H and O–H groups in total. The number of rotatable bonds is 14. The number of hydrogen-bond acceptors (Lipinski definition) is 5. The third kappa shape index (κ3) is 13.6. The van der Waals surface area contributed by atoms with Gasteiger partial charge in [-0.2, -0.15) is 0 Å². The topological polar surface area (TPSA) is 54.0 Å². The van der Waals surface area contributed by atoms with Crippen LogP contribution in [0.25, 0.3) is 0 Å². The van der Waals surface area contributed by atoms with E-state index in [0.29, 0.717) is 18.8 Å². The van der Waals surface area contributed by atoms with Crippen molar-refractivity contribution in [3.8, 4) is 0 Å². The van der Waals surface area contributed by atoms with Gasteiger partial charge in [0, 0.05) is 25.4 Å². The monoisotopic (exact) mass is 362 g/mol. The molecule has 5 nitrogen and oxygen atoms in total. The van der Waals surface area contributed by atoms with E-state index in [-0.39, 0.29) is 12.6 Å². The van der Waals surface area contributed by atoms with Crippen LogP contribution in [-0.2, 0) is 23.1 Å². The molecule has 0 amide bonds. The van der Waals surface area contributed by atoms with Crippen molar-refractivity contribution in [3.63, 3.8) is 0 Å². The molecule has 0 aliphatic carbocycles. The van der Waals surface area contributed by atoms with Crippen LogP contribution in [-0.4, -0.2) is 56.4 Å². The van der Waals surface area contributed by atoms with Crippen LogP contribution in [0, 0.1) is 0 Å². The molecule has 0 aromatic carbocycles. The van der Waals surface area contributed by atoms with Crippen molar-refractivity contribution in [2.45, 2.75) is 52.0 Å². The molecule has 0 radical (unpaired) electrons. The van der Waals surface area contributed by atoms with Crippen molar-refractivity contribution in [1.29, 1.82) is 0 Å². The first kappa shape index (κ1) is 22.5. The summed E-state index contributed by atoms with van der Waals surface area (Å²) in [5.74, 6) is -0.359. The SMILES string of the molecule is C=C(C)C(=O)OCCOCCC[SiH](C)O[Si](C)(C)CCOCC. The lowest BCUT2D eigenvalue weighted by Crippen LogP contribution is -2.37. The Labute approximate surface area is 144 Å². The Morgan fingerprint density at radius 3 is 2.43 bits per heavy atom. The Hall–Kier alpha value is -0.476. The summed E-state index contributed by atoms with van der Waals surface area (Å²) < 4.78 is 22.2. The van der Waals surface area contributed by atoms with Crippen molar-refractivity contribution in [3.05, 3.63) is 12.2 Å². The Morgan fingerprint density at radius 1 is 1.13 bits per heavy atom. The fraction of sp³-hybridized carbons (Fsp3) is 0.812. The lowest BCUT2D eigenvalue weighted by Gasteiger charge is -2.27. The molecule has 0 aromatic rings. The standard InChI is InChI=1S/C16H34O5Si2/c1-7-18-12-14-23(5,6)21-22(4)13-8-9-19-10-11-20-16(17)15(2)3/h22H,2,7-14H2,1,3-6H3. The minimum Gasteiger partial charge on any atom is -0.460 e. The van der Waals surface area contributed by atoms with Crippen molar-refractivity contribution in [2.75, 3.05) is 33.0 Å². The summed E-state index contributed by atoms with van der Waals surface area (Å²) in [4.78, 5) is 11.2. The summed E-state index contributed by atoms with van der Waals surface area (Å²) in [6, 6.07) is 2.17. The predicted octanol–water partition coefficient (Wildman–Crippen LogP) is 3.12. The molecule has 0 saturated heterocycles. The zero-order valence-corrected chi connectivity index (χ0v) is 17.6. The summed E-state index contributed by atoms with van der Waals surface area (Å²) in [6.45, 7) is 17.0. The van der Waals surface area contributed by atoms with E-state index >= 15 is 0 Å². The van der Waals surface area contributed by atoms with E-state index in [4.69, 9.17) is 18.3 Å². The zero-order valence-electron chi connectivity index (χ0n) is 15.5. The lowest BCUT2D eigenvalue weighted by molar-refractivity contribution is -0.140. The molecule has 0 fully saturated rings. The summed E-state index contributed by atoms with van der Waals surface area (Å²) in [7, 11) is -2.72. The van der Waals surface area contributed by atoms with E-state index < -0.39 is 17.4 Å². The van der Waals surface area contributed by atoms with Crippen LogP contribution in [0.15, 0.2) is 12.2 Å². The highest BCUT2D eigenvalue weighted by molar-refractivity contribution is 6.78. The number of carbonyl (C=O) groups excluding carboxylic acids is 1. The second kappa shape index (κ2) is 12.9. The first-order chi connectivity index (χ1) is 10.8. The molecule has 0 aliphatic rings. The number of carbonyl (C=O) groups is 1. The lowest BCUT2D eigenvalue weighted by atomic mass is 10.4. The average molecular weight is 363 g/mol. The van der Waals surface area contributed by atoms with E-state index in [1.54, 1.807) is 6.92 Å². The Kier molecular flexibility index (Phi) is 12.6. The quantitative estimate of drug-likeness (QED) is 0.206. The molecule has 0 aromatic heterocycles. The maximum atomic E-state index is 11.2. The van der Waals surface area contributed by atoms with E-state index in [1.165, 1.54) is 0 Å². The Balaban J connectivity index is 3.61. The predicted molar refractivity (Wildman–Crippen MR) is 98.9 cm³/mol. The molecule has 23 heavy (non-hydrogen) atoms. The highest BCUT2D eigenvalue weighted by Gasteiger charge is 2.24. The maximum absolute atomic E-state index is 11.2. The van der Waals surface area contributed by atoms with Crippen LogP contribution in [0.2, 0.25) is 31.7 Å². The van der Waals surface area contributed by atoms with Crippen molar-refractivity contribution >= 4 is 23.3 Å². The molecule has 1 atom stereocenters. The second-order valence-corrected chi connectivity index (χ2v) is 13.5. The third-order valence-corrected chi connectivity index (χ3v) is 10.1. The second-order valence-electron chi connectivity index (χ2n) is 6.31. The van der Waals surface area contributed by atoms with Crippen molar-refractivity contribution in [1.82, 2.24) is 0 Å². The zero-order chi connectivity index (χ0) is 17.7. The molecule has 0 aliphatic heterocycles. The third-order valence-electron chi connectivity index (χ3n) is 3.28.